The van der Waals surface area contributed by atoms with Crippen LogP contribution < -0.4 is 14.2 Å². The molecule has 2 aromatic rings. The summed E-state index contributed by atoms with van der Waals surface area (Å²) in [5.41, 5.74) is 2.06. The van der Waals surface area contributed by atoms with E-state index in [1.54, 1.807) is 47.2 Å². The third-order valence-corrected chi connectivity index (χ3v) is 5.66. The third-order valence-electron chi connectivity index (χ3n) is 5.66. The van der Waals surface area contributed by atoms with Gasteiger partial charge >= 0.3 is 0 Å². The number of aryl methyl sites for hydroxylation is 1. The molecular weight excluding hydrogens is 422 g/mol. The molecule has 0 saturated carbocycles. The zero-order chi connectivity index (χ0) is 23.8. The zero-order valence-corrected chi connectivity index (χ0v) is 19.3. The molecule has 1 fully saturated rings. The Labute approximate surface area is 194 Å². The summed E-state index contributed by atoms with van der Waals surface area (Å²) in [5.74, 6) is 1.73. The maximum absolute atomic E-state index is 12.8. The molecule has 0 aliphatic carbocycles. The van der Waals surface area contributed by atoms with E-state index in [0.717, 1.165) is 5.56 Å². The molecule has 3 rings (SSSR count). The molecule has 1 heterocycles. The molecule has 8 nitrogen and oxygen atoms in total. The van der Waals surface area contributed by atoms with E-state index < -0.39 is 0 Å². The van der Waals surface area contributed by atoms with Crippen LogP contribution in [0.25, 0.3) is 0 Å². The average Bonchev–Trinajstić information content (AvgIpc) is 2.86. The van der Waals surface area contributed by atoms with Gasteiger partial charge in [-0.05, 0) is 43.2 Å². The van der Waals surface area contributed by atoms with Crippen LogP contribution in [0, 0.1) is 18.3 Å². The number of hydrogen-bond donors (Lipinski definition) is 0. The quantitative estimate of drug-likeness (QED) is 0.573. The first-order valence-electron chi connectivity index (χ1n) is 10.9. The summed E-state index contributed by atoms with van der Waals surface area (Å²) in [6.45, 7) is 4.32. The Morgan fingerprint density at radius 2 is 1.64 bits per heavy atom. The van der Waals surface area contributed by atoms with Gasteiger partial charge in [0.1, 0.15) is 5.75 Å². The highest BCUT2D eigenvalue weighted by atomic mass is 16.5. The van der Waals surface area contributed by atoms with Gasteiger partial charge in [0.2, 0.25) is 5.91 Å². The molecule has 1 aliphatic heterocycles. The molecule has 0 atom stereocenters. The van der Waals surface area contributed by atoms with Crippen molar-refractivity contribution in [1.82, 2.24) is 9.80 Å². The van der Waals surface area contributed by atoms with Gasteiger partial charge in [-0.3, -0.25) is 9.59 Å². The number of carbonyl (C=O) groups is 2. The van der Waals surface area contributed by atoms with E-state index in [0.29, 0.717) is 74.0 Å². The van der Waals surface area contributed by atoms with Crippen LogP contribution in [0.4, 0.5) is 0 Å². The highest BCUT2D eigenvalue weighted by molar-refractivity contribution is 5.95. The molecule has 8 heteroatoms. The molecule has 174 valence electrons. The number of amides is 2. The van der Waals surface area contributed by atoms with Crippen molar-refractivity contribution in [2.45, 2.75) is 19.8 Å². The molecule has 0 unspecified atom stereocenters. The summed E-state index contributed by atoms with van der Waals surface area (Å²) in [7, 11) is 3.11. The fourth-order valence-electron chi connectivity index (χ4n) is 3.71. The zero-order valence-electron chi connectivity index (χ0n) is 19.3. The van der Waals surface area contributed by atoms with Crippen molar-refractivity contribution in [3.05, 3.63) is 53.1 Å². The Balaban J connectivity index is 1.43. The number of nitriles is 1. The van der Waals surface area contributed by atoms with Crippen LogP contribution in [0.5, 0.6) is 17.2 Å². The molecule has 0 radical (unpaired) electrons. The minimum absolute atomic E-state index is 0.0505. The van der Waals surface area contributed by atoms with Crippen LogP contribution in [0.15, 0.2) is 36.4 Å². The van der Waals surface area contributed by atoms with Gasteiger partial charge in [-0.2, -0.15) is 5.26 Å². The molecule has 0 aromatic heterocycles. The minimum atomic E-state index is -0.0508. The van der Waals surface area contributed by atoms with Crippen LogP contribution >= 0.6 is 0 Å². The van der Waals surface area contributed by atoms with E-state index in [1.165, 1.54) is 7.11 Å². The molecule has 0 spiro atoms. The van der Waals surface area contributed by atoms with E-state index in [1.807, 2.05) is 13.0 Å². The number of carbonyl (C=O) groups excluding carboxylic acids is 2. The highest BCUT2D eigenvalue weighted by Crippen LogP contribution is 2.28. The van der Waals surface area contributed by atoms with Gasteiger partial charge < -0.3 is 24.0 Å². The second-order valence-corrected chi connectivity index (χ2v) is 7.79. The number of benzene rings is 2. The number of ether oxygens (including phenoxy) is 3. The Hall–Kier alpha value is -3.73. The van der Waals surface area contributed by atoms with Crippen LogP contribution in [0.1, 0.15) is 34.3 Å². The Bertz CT molecular complexity index is 1040. The van der Waals surface area contributed by atoms with E-state index in [4.69, 9.17) is 19.5 Å². The standard InChI is InChI=1S/C25H29N3O5/c1-18-6-8-20(16-22(18)31-2)25(30)28-12-10-27(11-13-28)24(29)5-4-14-33-21-9-7-19(17-26)15-23(21)32-3/h6-9,15-16H,4-5,10-14H2,1-3H3. The Morgan fingerprint density at radius 1 is 0.939 bits per heavy atom. The molecule has 33 heavy (non-hydrogen) atoms. The first-order valence-corrected chi connectivity index (χ1v) is 10.9. The van der Waals surface area contributed by atoms with Gasteiger partial charge in [-0.15, -0.1) is 0 Å². The van der Waals surface area contributed by atoms with E-state index in [9.17, 15) is 9.59 Å². The predicted molar refractivity (Wildman–Crippen MR) is 123 cm³/mol. The molecule has 0 N–H and O–H groups in total. The lowest BCUT2D eigenvalue weighted by Gasteiger charge is -2.35. The Morgan fingerprint density at radius 3 is 2.30 bits per heavy atom. The summed E-state index contributed by atoms with van der Waals surface area (Å²) in [6.07, 6.45) is 0.923. The second kappa shape index (κ2) is 11.2. The fourth-order valence-corrected chi connectivity index (χ4v) is 3.71. The third kappa shape index (κ3) is 5.95. The van der Waals surface area contributed by atoms with Crippen molar-refractivity contribution in [2.75, 3.05) is 47.0 Å². The predicted octanol–water partition coefficient (Wildman–Crippen LogP) is 3.03. The smallest absolute Gasteiger partial charge is 0.254 e. The lowest BCUT2D eigenvalue weighted by molar-refractivity contribution is -0.132. The van der Waals surface area contributed by atoms with Crippen LogP contribution in [0.2, 0.25) is 0 Å². The number of nitrogens with zero attached hydrogens (tertiary/aromatic N) is 3. The van der Waals surface area contributed by atoms with E-state index >= 15 is 0 Å². The van der Waals surface area contributed by atoms with Crippen LogP contribution in [-0.4, -0.2) is 68.6 Å². The molecule has 2 amide bonds. The van der Waals surface area contributed by atoms with Crippen molar-refractivity contribution in [1.29, 1.82) is 5.26 Å². The molecule has 1 saturated heterocycles. The average molecular weight is 452 g/mol. The van der Waals surface area contributed by atoms with Crippen molar-refractivity contribution < 1.29 is 23.8 Å². The summed E-state index contributed by atoms with van der Waals surface area (Å²) < 4.78 is 16.3. The van der Waals surface area contributed by atoms with Gasteiger partial charge in [0.15, 0.2) is 11.5 Å². The van der Waals surface area contributed by atoms with Crippen LogP contribution in [-0.2, 0) is 4.79 Å². The number of hydrogen-bond acceptors (Lipinski definition) is 6. The maximum atomic E-state index is 12.8. The minimum Gasteiger partial charge on any atom is -0.496 e. The van der Waals surface area contributed by atoms with Crippen molar-refractivity contribution in [3.63, 3.8) is 0 Å². The van der Waals surface area contributed by atoms with Gasteiger partial charge in [-0.25, -0.2) is 0 Å². The lowest BCUT2D eigenvalue weighted by Crippen LogP contribution is -2.50. The Kier molecular flexibility index (Phi) is 8.14. The van der Waals surface area contributed by atoms with Crippen LogP contribution in [0.3, 0.4) is 0 Å². The van der Waals surface area contributed by atoms with E-state index in [2.05, 4.69) is 6.07 Å². The topological polar surface area (TPSA) is 92.1 Å². The molecular formula is C25H29N3O5. The molecule has 0 bridgehead atoms. The maximum Gasteiger partial charge on any atom is 0.254 e. The monoisotopic (exact) mass is 451 g/mol. The van der Waals surface area contributed by atoms with E-state index in [-0.39, 0.29) is 11.8 Å². The van der Waals surface area contributed by atoms with Gasteiger partial charge in [0.05, 0.1) is 32.5 Å². The molecule has 1 aliphatic rings. The summed E-state index contributed by atoms with van der Waals surface area (Å²) in [6, 6.07) is 12.5. The number of rotatable bonds is 8. The van der Waals surface area contributed by atoms with Crippen molar-refractivity contribution >= 4 is 11.8 Å². The largest absolute Gasteiger partial charge is 0.496 e. The van der Waals surface area contributed by atoms with Gasteiger partial charge in [0.25, 0.3) is 5.91 Å². The number of methoxy groups -OCH3 is 2. The van der Waals surface area contributed by atoms with Gasteiger partial charge in [-0.1, -0.05) is 6.07 Å². The summed E-state index contributed by atoms with van der Waals surface area (Å²) >= 11 is 0. The summed E-state index contributed by atoms with van der Waals surface area (Å²) in [5, 5.41) is 8.97. The normalized spacial score (nSPS) is 13.3. The highest BCUT2D eigenvalue weighted by Gasteiger charge is 2.25. The second-order valence-electron chi connectivity index (χ2n) is 7.79. The first kappa shape index (κ1) is 23.9. The lowest BCUT2D eigenvalue weighted by atomic mass is 10.1. The fraction of sp³-hybridized carbons (Fsp3) is 0.400. The van der Waals surface area contributed by atoms with Crippen molar-refractivity contribution in [3.8, 4) is 23.3 Å². The van der Waals surface area contributed by atoms with Crippen molar-refractivity contribution in [2.24, 2.45) is 0 Å². The first-order chi connectivity index (χ1) is 16.0. The number of piperazine rings is 1. The SMILES string of the molecule is COc1cc(C(=O)N2CCN(C(=O)CCCOc3ccc(C#N)cc3OC)CC2)ccc1C. The van der Waals surface area contributed by atoms with Gasteiger partial charge in [0, 0.05) is 44.2 Å². The summed E-state index contributed by atoms with van der Waals surface area (Å²) in [4.78, 5) is 29.0. The molecule has 2 aromatic carbocycles.